The Balaban J connectivity index is 1.79. The van der Waals surface area contributed by atoms with Gasteiger partial charge in [0, 0.05) is 11.8 Å². The molecule has 0 amide bonds. The first-order valence-corrected chi connectivity index (χ1v) is 9.50. The quantitative estimate of drug-likeness (QED) is 0.726. The van der Waals surface area contributed by atoms with Gasteiger partial charge in [0.1, 0.15) is 0 Å². The zero-order valence-corrected chi connectivity index (χ0v) is 14.5. The number of ketones is 1. The maximum Gasteiger partial charge on any atom is 0.161 e. The molecule has 23 heavy (non-hydrogen) atoms. The Morgan fingerprint density at radius 3 is 2.57 bits per heavy atom. The van der Waals surface area contributed by atoms with Gasteiger partial charge in [-0.25, -0.2) is 0 Å². The second-order valence-electron chi connectivity index (χ2n) is 8.94. The summed E-state index contributed by atoms with van der Waals surface area (Å²) in [5.41, 5.74) is 1.86. The molecule has 5 atom stereocenters. The second kappa shape index (κ2) is 5.16. The predicted molar refractivity (Wildman–Crippen MR) is 88.5 cm³/mol. The molecule has 0 spiro atoms. The van der Waals surface area contributed by atoms with Gasteiger partial charge in [-0.15, -0.1) is 0 Å². The molecule has 2 N–H and O–H groups in total. The molecule has 3 heteroatoms. The highest BCUT2D eigenvalue weighted by Gasteiger charge is 2.60. The zero-order chi connectivity index (χ0) is 16.4. The Bertz CT molecular complexity index is 563. The number of aliphatic hydroxyl groups excluding tert-OH is 1. The minimum absolute atomic E-state index is 0.219. The van der Waals surface area contributed by atoms with Crippen molar-refractivity contribution in [1.29, 1.82) is 0 Å². The van der Waals surface area contributed by atoms with Crippen LogP contribution in [0.25, 0.3) is 0 Å². The van der Waals surface area contributed by atoms with Crippen molar-refractivity contribution in [2.45, 2.75) is 77.9 Å². The number of hydrogen-bond donors (Lipinski definition) is 2. The van der Waals surface area contributed by atoms with Gasteiger partial charge in [0.05, 0.1) is 0 Å². The molecule has 3 fully saturated rings. The Morgan fingerprint density at radius 2 is 1.83 bits per heavy atom. The van der Waals surface area contributed by atoms with Crippen LogP contribution in [0.3, 0.4) is 0 Å². The smallest absolute Gasteiger partial charge is 0.161 e. The SMILES string of the molecule is CC1=C2CC[C@@H]3[C@@H](CC[C@]4(C)CCC[C@@H]34)[C@@]2(C(O)O)CCC1=O. The molecule has 4 rings (SSSR count). The van der Waals surface area contributed by atoms with E-state index in [-0.39, 0.29) is 5.78 Å². The average Bonchev–Trinajstić information content (AvgIpc) is 2.92. The van der Waals surface area contributed by atoms with Crippen LogP contribution in [0.5, 0.6) is 0 Å². The summed E-state index contributed by atoms with van der Waals surface area (Å²) in [6, 6.07) is 0. The number of Topliss-reactive ketones (excluding diaryl/α,β-unsaturated/α-hetero) is 1. The van der Waals surface area contributed by atoms with Gasteiger partial charge in [0.25, 0.3) is 0 Å². The highest BCUT2D eigenvalue weighted by atomic mass is 16.5. The first-order valence-electron chi connectivity index (χ1n) is 9.50. The molecule has 0 aromatic heterocycles. The summed E-state index contributed by atoms with van der Waals surface area (Å²) >= 11 is 0. The van der Waals surface area contributed by atoms with E-state index in [2.05, 4.69) is 6.92 Å². The first kappa shape index (κ1) is 15.8. The summed E-state index contributed by atoms with van der Waals surface area (Å²) in [6.07, 6.45) is 8.13. The zero-order valence-electron chi connectivity index (χ0n) is 14.5. The maximum absolute atomic E-state index is 12.2. The molecule has 0 aromatic carbocycles. The van der Waals surface area contributed by atoms with Gasteiger partial charge in [0.2, 0.25) is 0 Å². The lowest BCUT2D eigenvalue weighted by atomic mass is 9.46. The summed E-state index contributed by atoms with van der Waals surface area (Å²) < 4.78 is 0. The number of fused-ring (bicyclic) bond motifs is 5. The van der Waals surface area contributed by atoms with Crippen LogP contribution in [0, 0.1) is 28.6 Å². The largest absolute Gasteiger partial charge is 0.367 e. The lowest BCUT2D eigenvalue weighted by Crippen LogP contribution is -2.55. The molecule has 0 radical (unpaired) electrons. The van der Waals surface area contributed by atoms with E-state index in [1.54, 1.807) is 0 Å². The van der Waals surface area contributed by atoms with Crippen LogP contribution >= 0.6 is 0 Å². The van der Waals surface area contributed by atoms with Gasteiger partial charge in [-0.3, -0.25) is 4.79 Å². The molecule has 0 aromatic rings. The minimum Gasteiger partial charge on any atom is -0.367 e. The normalized spacial score (nSPS) is 46.7. The lowest BCUT2D eigenvalue weighted by molar-refractivity contribution is -0.184. The third-order valence-corrected chi connectivity index (χ3v) is 8.27. The fraction of sp³-hybridized carbons (Fsp3) is 0.850. The molecule has 0 heterocycles. The molecule has 4 aliphatic rings. The van der Waals surface area contributed by atoms with Crippen LogP contribution in [0.1, 0.15) is 71.6 Å². The second-order valence-corrected chi connectivity index (χ2v) is 8.94. The fourth-order valence-corrected chi connectivity index (χ4v) is 7.12. The topological polar surface area (TPSA) is 57.5 Å². The fourth-order valence-electron chi connectivity index (χ4n) is 7.12. The lowest BCUT2D eigenvalue weighted by Gasteiger charge is -2.59. The third-order valence-electron chi connectivity index (χ3n) is 8.27. The molecule has 3 nitrogen and oxygen atoms in total. The number of aliphatic hydroxyl groups is 2. The number of carbonyl (C=O) groups is 1. The van der Waals surface area contributed by atoms with Crippen LogP contribution in [-0.4, -0.2) is 22.3 Å². The van der Waals surface area contributed by atoms with E-state index < -0.39 is 11.7 Å². The molecule has 3 saturated carbocycles. The Morgan fingerprint density at radius 1 is 1.04 bits per heavy atom. The van der Waals surface area contributed by atoms with Gasteiger partial charge in [-0.05, 0) is 80.6 Å². The van der Waals surface area contributed by atoms with Crippen molar-refractivity contribution in [3.8, 4) is 0 Å². The summed E-state index contributed by atoms with van der Waals surface area (Å²) in [4.78, 5) is 12.2. The molecule has 4 aliphatic carbocycles. The van der Waals surface area contributed by atoms with Gasteiger partial charge in [0.15, 0.2) is 12.1 Å². The molecule has 0 saturated heterocycles. The molecular weight excluding hydrogens is 288 g/mol. The van der Waals surface area contributed by atoms with E-state index in [0.717, 1.165) is 36.3 Å². The van der Waals surface area contributed by atoms with E-state index in [9.17, 15) is 15.0 Å². The van der Waals surface area contributed by atoms with Crippen molar-refractivity contribution in [2.75, 3.05) is 0 Å². The van der Waals surface area contributed by atoms with E-state index in [4.69, 9.17) is 0 Å². The van der Waals surface area contributed by atoms with E-state index in [0.29, 0.717) is 30.1 Å². The summed E-state index contributed by atoms with van der Waals surface area (Å²) in [5.74, 6) is 1.93. The monoisotopic (exact) mass is 318 g/mol. The van der Waals surface area contributed by atoms with E-state index in [1.807, 2.05) is 6.92 Å². The van der Waals surface area contributed by atoms with Gasteiger partial charge >= 0.3 is 0 Å². The van der Waals surface area contributed by atoms with Crippen molar-refractivity contribution in [3.05, 3.63) is 11.1 Å². The van der Waals surface area contributed by atoms with Gasteiger partial charge in [-0.2, -0.15) is 0 Å². The van der Waals surface area contributed by atoms with Crippen molar-refractivity contribution < 1.29 is 15.0 Å². The number of rotatable bonds is 1. The highest BCUT2D eigenvalue weighted by Crippen LogP contribution is 2.66. The Hall–Kier alpha value is -0.670. The number of carbonyl (C=O) groups excluding carboxylic acids is 1. The minimum atomic E-state index is -1.32. The highest BCUT2D eigenvalue weighted by molar-refractivity contribution is 5.96. The summed E-state index contributed by atoms with van der Waals surface area (Å²) in [5, 5.41) is 20.8. The Kier molecular flexibility index (Phi) is 3.55. The molecule has 0 unspecified atom stereocenters. The van der Waals surface area contributed by atoms with Crippen molar-refractivity contribution in [2.24, 2.45) is 28.6 Å². The Labute approximate surface area is 139 Å². The first-order chi connectivity index (χ1) is 10.9. The van der Waals surface area contributed by atoms with Crippen molar-refractivity contribution >= 4 is 5.78 Å². The van der Waals surface area contributed by atoms with Crippen LogP contribution < -0.4 is 0 Å². The van der Waals surface area contributed by atoms with Gasteiger partial charge < -0.3 is 10.2 Å². The molecule has 0 aliphatic heterocycles. The van der Waals surface area contributed by atoms with Crippen molar-refractivity contribution in [1.82, 2.24) is 0 Å². The van der Waals surface area contributed by atoms with Crippen LogP contribution in [0.2, 0.25) is 0 Å². The van der Waals surface area contributed by atoms with Gasteiger partial charge in [-0.1, -0.05) is 18.9 Å². The van der Waals surface area contributed by atoms with Crippen LogP contribution in [0.15, 0.2) is 11.1 Å². The van der Waals surface area contributed by atoms with E-state index in [1.165, 1.54) is 25.7 Å². The summed E-state index contributed by atoms with van der Waals surface area (Å²) in [6.45, 7) is 4.38. The average molecular weight is 318 g/mol. The predicted octanol–water partition coefficient (Wildman–Crippen LogP) is 3.59. The standard InChI is InChI=1S/C20H30O3/c1-12-14-6-5-13-15-4-3-9-19(15,2)10-7-16(13)20(14,18(22)23)11-8-17(12)21/h13,15-16,18,22-23H,3-11H2,1-2H3/t13-,15-,16+,19-,20+/m0/s1. The molecule has 128 valence electrons. The van der Waals surface area contributed by atoms with Crippen LogP contribution in [0.4, 0.5) is 0 Å². The van der Waals surface area contributed by atoms with Crippen molar-refractivity contribution in [3.63, 3.8) is 0 Å². The van der Waals surface area contributed by atoms with Crippen LogP contribution in [-0.2, 0) is 4.79 Å². The number of hydrogen-bond acceptors (Lipinski definition) is 3. The molecule has 0 bridgehead atoms. The molecular formula is C20H30O3. The third kappa shape index (κ3) is 1.99. The van der Waals surface area contributed by atoms with E-state index >= 15 is 0 Å². The summed E-state index contributed by atoms with van der Waals surface area (Å²) in [7, 11) is 0. The maximum atomic E-state index is 12.2.